The van der Waals surface area contributed by atoms with Gasteiger partial charge in [0.2, 0.25) is 0 Å². The van der Waals surface area contributed by atoms with Crippen molar-refractivity contribution in [3.63, 3.8) is 0 Å². The maximum atomic E-state index is 11.1. The van der Waals surface area contributed by atoms with Gasteiger partial charge in [-0.3, -0.25) is 4.21 Å². The van der Waals surface area contributed by atoms with E-state index in [-0.39, 0.29) is 0 Å². The molecule has 0 bridgehead atoms. The van der Waals surface area contributed by atoms with Gasteiger partial charge in [-0.05, 0) is 32.7 Å². The van der Waals surface area contributed by atoms with Crippen LogP contribution in [0, 0.1) is 0 Å². The van der Waals surface area contributed by atoms with Gasteiger partial charge in [0.05, 0.1) is 0 Å². The zero-order valence-corrected chi connectivity index (χ0v) is 9.95. The molecule has 0 saturated heterocycles. The largest absolute Gasteiger partial charge is 0.314 e. The average molecular weight is 205 g/mol. The monoisotopic (exact) mass is 205 g/mol. The van der Waals surface area contributed by atoms with Crippen LogP contribution in [0.3, 0.4) is 0 Å². The highest BCUT2D eigenvalue weighted by Crippen LogP contribution is 1.98. The van der Waals surface area contributed by atoms with Crippen molar-refractivity contribution < 1.29 is 4.21 Å². The topological polar surface area (TPSA) is 29.1 Å². The van der Waals surface area contributed by atoms with Crippen molar-refractivity contribution in [2.75, 3.05) is 18.1 Å². The number of hydrogen-bond donors (Lipinski definition) is 1. The van der Waals surface area contributed by atoms with Crippen molar-refractivity contribution in [3.8, 4) is 0 Å². The Kier molecular flexibility index (Phi) is 8.77. The zero-order chi connectivity index (χ0) is 10.1. The summed E-state index contributed by atoms with van der Waals surface area (Å²) in [6, 6.07) is 0.578. The van der Waals surface area contributed by atoms with E-state index < -0.39 is 10.8 Å². The Morgan fingerprint density at radius 2 is 2.08 bits per heavy atom. The van der Waals surface area contributed by atoms with Gasteiger partial charge in [-0.25, -0.2) is 0 Å². The fourth-order valence-corrected chi connectivity index (χ4v) is 1.96. The third-order valence-electron chi connectivity index (χ3n) is 2.07. The van der Waals surface area contributed by atoms with Crippen molar-refractivity contribution in [1.82, 2.24) is 5.32 Å². The van der Waals surface area contributed by atoms with Crippen LogP contribution in [0.1, 0.15) is 40.0 Å². The molecule has 0 aliphatic heterocycles. The van der Waals surface area contributed by atoms with Gasteiger partial charge in [-0.15, -0.1) is 0 Å². The van der Waals surface area contributed by atoms with Crippen molar-refractivity contribution in [1.29, 1.82) is 0 Å². The van der Waals surface area contributed by atoms with Crippen LogP contribution < -0.4 is 5.32 Å². The highest BCUT2D eigenvalue weighted by molar-refractivity contribution is 7.84. The molecule has 0 rings (SSSR count). The SMILES string of the molecule is CCCNC(C)CCCS(=O)CC. The normalized spacial score (nSPS) is 15.6. The molecule has 0 saturated carbocycles. The highest BCUT2D eigenvalue weighted by Gasteiger charge is 2.01. The summed E-state index contributed by atoms with van der Waals surface area (Å²) in [4.78, 5) is 0. The smallest absolute Gasteiger partial charge is 0.0235 e. The quantitative estimate of drug-likeness (QED) is 0.656. The van der Waals surface area contributed by atoms with E-state index in [0.29, 0.717) is 6.04 Å². The van der Waals surface area contributed by atoms with E-state index in [1.54, 1.807) is 0 Å². The minimum atomic E-state index is -0.577. The molecule has 2 unspecified atom stereocenters. The fraction of sp³-hybridized carbons (Fsp3) is 1.00. The lowest BCUT2D eigenvalue weighted by atomic mass is 10.2. The first-order valence-corrected chi connectivity index (χ1v) is 6.77. The maximum Gasteiger partial charge on any atom is 0.0235 e. The molecule has 1 N–H and O–H groups in total. The molecule has 0 fully saturated rings. The lowest BCUT2D eigenvalue weighted by molar-refractivity contribution is 0.509. The van der Waals surface area contributed by atoms with Gasteiger partial charge >= 0.3 is 0 Å². The molecule has 0 aromatic carbocycles. The van der Waals surface area contributed by atoms with Crippen molar-refractivity contribution >= 4 is 10.8 Å². The van der Waals surface area contributed by atoms with Gasteiger partial charge in [0.15, 0.2) is 0 Å². The Labute approximate surface area is 84.9 Å². The molecular formula is C10H23NOS. The minimum Gasteiger partial charge on any atom is -0.314 e. The summed E-state index contributed by atoms with van der Waals surface area (Å²) < 4.78 is 11.1. The predicted molar refractivity (Wildman–Crippen MR) is 60.5 cm³/mol. The molecule has 0 aliphatic rings. The van der Waals surface area contributed by atoms with Crippen LogP contribution in [-0.2, 0) is 10.8 Å². The summed E-state index contributed by atoms with van der Waals surface area (Å²) >= 11 is 0. The van der Waals surface area contributed by atoms with Crippen LogP contribution in [0.2, 0.25) is 0 Å². The third-order valence-corrected chi connectivity index (χ3v) is 3.46. The van der Waals surface area contributed by atoms with Crippen molar-refractivity contribution in [3.05, 3.63) is 0 Å². The summed E-state index contributed by atoms with van der Waals surface area (Å²) in [6.07, 6.45) is 3.41. The van der Waals surface area contributed by atoms with Crippen LogP contribution in [0.4, 0.5) is 0 Å². The fourth-order valence-electron chi connectivity index (χ4n) is 1.19. The lowest BCUT2D eigenvalue weighted by Gasteiger charge is -2.12. The van der Waals surface area contributed by atoms with Gasteiger partial charge in [0.1, 0.15) is 0 Å². The molecule has 0 amide bonds. The van der Waals surface area contributed by atoms with Gasteiger partial charge in [0.25, 0.3) is 0 Å². The Balaban J connectivity index is 3.26. The minimum absolute atomic E-state index is 0.577. The standard InChI is InChI=1S/C10H23NOS/c1-4-8-11-10(3)7-6-9-13(12)5-2/h10-11H,4-9H2,1-3H3. The second kappa shape index (κ2) is 8.70. The first-order chi connectivity index (χ1) is 6.20. The van der Waals surface area contributed by atoms with Crippen LogP contribution in [0.25, 0.3) is 0 Å². The van der Waals surface area contributed by atoms with Crippen molar-refractivity contribution in [2.45, 2.75) is 46.1 Å². The van der Waals surface area contributed by atoms with E-state index in [4.69, 9.17) is 0 Å². The van der Waals surface area contributed by atoms with Gasteiger partial charge < -0.3 is 5.32 Å². The molecule has 2 nitrogen and oxygen atoms in total. The molecular weight excluding hydrogens is 182 g/mol. The molecule has 0 aromatic rings. The summed E-state index contributed by atoms with van der Waals surface area (Å²) in [5, 5.41) is 3.43. The average Bonchev–Trinajstić information content (AvgIpc) is 2.14. The van der Waals surface area contributed by atoms with E-state index in [0.717, 1.165) is 30.9 Å². The zero-order valence-electron chi connectivity index (χ0n) is 9.14. The van der Waals surface area contributed by atoms with Crippen LogP contribution in [0.5, 0.6) is 0 Å². The summed E-state index contributed by atoms with van der Waals surface area (Å²) in [7, 11) is -0.577. The molecule has 2 atom stereocenters. The summed E-state index contributed by atoms with van der Waals surface area (Å²) in [5.74, 6) is 1.67. The Hall–Kier alpha value is 0.110. The van der Waals surface area contributed by atoms with Crippen LogP contribution >= 0.6 is 0 Å². The lowest BCUT2D eigenvalue weighted by Crippen LogP contribution is -2.26. The molecule has 13 heavy (non-hydrogen) atoms. The third kappa shape index (κ3) is 8.44. The Bertz CT molecular complexity index is 139. The van der Waals surface area contributed by atoms with Gasteiger partial charge in [-0.2, -0.15) is 0 Å². The van der Waals surface area contributed by atoms with E-state index >= 15 is 0 Å². The Morgan fingerprint density at radius 1 is 1.38 bits per heavy atom. The molecule has 0 radical (unpaired) electrons. The first-order valence-electron chi connectivity index (χ1n) is 5.29. The molecule has 0 spiro atoms. The molecule has 0 heterocycles. The molecule has 3 heteroatoms. The molecule has 80 valence electrons. The summed E-state index contributed by atoms with van der Waals surface area (Å²) in [6.45, 7) is 7.45. The van der Waals surface area contributed by atoms with Crippen LogP contribution in [-0.4, -0.2) is 28.3 Å². The first kappa shape index (κ1) is 13.1. The Morgan fingerprint density at radius 3 is 2.62 bits per heavy atom. The second-order valence-electron chi connectivity index (χ2n) is 3.43. The second-order valence-corrected chi connectivity index (χ2v) is 5.30. The van der Waals surface area contributed by atoms with Gasteiger partial charge in [-0.1, -0.05) is 13.8 Å². The molecule has 0 aromatic heterocycles. The maximum absolute atomic E-state index is 11.1. The van der Waals surface area contributed by atoms with Gasteiger partial charge in [0, 0.05) is 28.3 Å². The molecule has 0 aliphatic carbocycles. The van der Waals surface area contributed by atoms with E-state index in [9.17, 15) is 4.21 Å². The van der Waals surface area contributed by atoms with Crippen LogP contribution in [0.15, 0.2) is 0 Å². The predicted octanol–water partition coefficient (Wildman–Crippen LogP) is 1.92. The number of rotatable bonds is 8. The van der Waals surface area contributed by atoms with E-state index in [2.05, 4.69) is 19.2 Å². The van der Waals surface area contributed by atoms with Crippen molar-refractivity contribution in [2.24, 2.45) is 0 Å². The number of nitrogens with one attached hydrogen (secondary N) is 1. The summed E-state index contributed by atoms with van der Waals surface area (Å²) in [5.41, 5.74) is 0. The number of hydrogen-bond acceptors (Lipinski definition) is 2. The highest BCUT2D eigenvalue weighted by atomic mass is 32.2. The van der Waals surface area contributed by atoms with E-state index in [1.165, 1.54) is 6.42 Å². The van der Waals surface area contributed by atoms with E-state index in [1.807, 2.05) is 6.92 Å².